The Balaban J connectivity index is 2.34. The van der Waals surface area contributed by atoms with Crippen LogP contribution in [0.3, 0.4) is 0 Å². The van der Waals surface area contributed by atoms with E-state index in [0.717, 1.165) is 0 Å². The van der Waals surface area contributed by atoms with Crippen LogP contribution in [0, 0.1) is 0 Å². The first-order chi connectivity index (χ1) is 11.7. The van der Waals surface area contributed by atoms with E-state index in [4.69, 9.17) is 15.8 Å². The molecule has 0 unspecified atom stereocenters. The van der Waals surface area contributed by atoms with Gasteiger partial charge in [-0.2, -0.15) is 0 Å². The Kier molecular flexibility index (Phi) is 4.36. The Labute approximate surface area is 135 Å². The van der Waals surface area contributed by atoms with Crippen molar-refractivity contribution in [2.24, 2.45) is 0 Å². The van der Waals surface area contributed by atoms with Gasteiger partial charge in [-0.1, -0.05) is 24.3 Å². The van der Waals surface area contributed by atoms with E-state index in [-0.39, 0.29) is 34.1 Å². The molecule has 3 aromatic carbocycles. The van der Waals surface area contributed by atoms with Crippen molar-refractivity contribution in [3.8, 4) is 34.1 Å². The second-order valence-corrected chi connectivity index (χ2v) is 4.82. The summed E-state index contributed by atoms with van der Waals surface area (Å²) in [5.74, 6) is 0.0999. The molecule has 0 saturated heterocycles. The van der Waals surface area contributed by atoms with Gasteiger partial charge >= 0.3 is 0 Å². The van der Waals surface area contributed by atoms with Crippen LogP contribution in [-0.2, 0) is 0 Å². The van der Waals surface area contributed by atoms with Crippen LogP contribution in [0.15, 0.2) is 48.5 Å². The van der Waals surface area contributed by atoms with E-state index in [1.165, 1.54) is 24.3 Å². The van der Waals surface area contributed by atoms with Crippen LogP contribution in [-0.4, -0.2) is 21.0 Å². The van der Waals surface area contributed by atoms with Crippen LogP contribution in [0.1, 0.15) is 0 Å². The Bertz CT molecular complexity index is 877. The normalized spacial score (nSPS) is 10.5. The van der Waals surface area contributed by atoms with Crippen LogP contribution < -0.4 is 19.6 Å². The predicted molar refractivity (Wildman–Crippen MR) is 82.4 cm³/mol. The van der Waals surface area contributed by atoms with Crippen molar-refractivity contribution < 1.29 is 40.6 Å². The second kappa shape index (κ2) is 6.60. The molecular formula is C16H12O8. The molecule has 0 amide bonds. The third kappa shape index (κ3) is 2.55. The minimum atomic E-state index is -0.0842. The highest BCUT2D eigenvalue weighted by atomic mass is 17.1. The summed E-state index contributed by atoms with van der Waals surface area (Å²) in [5.41, 5.74) is 0.542. The Morgan fingerprint density at radius 1 is 0.583 bits per heavy atom. The van der Waals surface area contributed by atoms with Gasteiger partial charge in [0.25, 0.3) is 0 Å². The molecule has 8 nitrogen and oxygen atoms in total. The SMILES string of the molecule is OOc1ccc(-c2cc(OO)c3ccccc3c2OO)c(OO)c1. The maximum absolute atomic E-state index is 9.33. The fraction of sp³-hybridized carbons (Fsp3) is 0. The number of hydrogen-bond acceptors (Lipinski definition) is 8. The quantitative estimate of drug-likeness (QED) is 0.410. The average Bonchev–Trinajstić information content (AvgIpc) is 2.66. The van der Waals surface area contributed by atoms with Crippen molar-refractivity contribution in [1.82, 2.24) is 0 Å². The molecule has 0 fully saturated rings. The van der Waals surface area contributed by atoms with Crippen LogP contribution >= 0.6 is 0 Å². The third-order valence-corrected chi connectivity index (χ3v) is 3.59. The van der Waals surface area contributed by atoms with Crippen LogP contribution in [0.25, 0.3) is 21.9 Å². The van der Waals surface area contributed by atoms with Gasteiger partial charge in [0.05, 0.1) is 0 Å². The summed E-state index contributed by atoms with van der Waals surface area (Å²) in [7, 11) is 0. The lowest BCUT2D eigenvalue weighted by atomic mass is 9.98. The van der Waals surface area contributed by atoms with Crippen LogP contribution in [0.4, 0.5) is 0 Å². The first kappa shape index (κ1) is 15.8. The van der Waals surface area contributed by atoms with Crippen molar-refractivity contribution in [3.05, 3.63) is 48.5 Å². The zero-order chi connectivity index (χ0) is 17.1. The summed E-state index contributed by atoms with van der Waals surface area (Å²) in [4.78, 5) is 17.3. The van der Waals surface area contributed by atoms with Crippen molar-refractivity contribution in [2.45, 2.75) is 0 Å². The van der Waals surface area contributed by atoms with Crippen molar-refractivity contribution >= 4 is 10.8 Å². The van der Waals surface area contributed by atoms with Gasteiger partial charge in [-0.25, -0.2) is 21.0 Å². The van der Waals surface area contributed by atoms with E-state index >= 15 is 0 Å². The molecule has 0 aliphatic carbocycles. The van der Waals surface area contributed by atoms with Crippen LogP contribution in [0.2, 0.25) is 0 Å². The monoisotopic (exact) mass is 332 g/mol. The summed E-state index contributed by atoms with van der Waals surface area (Å²) in [6.45, 7) is 0. The summed E-state index contributed by atoms with van der Waals surface area (Å²) in [5, 5.41) is 37.2. The van der Waals surface area contributed by atoms with E-state index in [1.807, 2.05) is 0 Å². The standard InChI is InChI=1S/C16H12O8/c17-21-9-5-6-11(14(7-9)22-18)13-8-15(23-19)10-3-1-2-4-12(10)16(13)24-20/h1-8,17-20H. The van der Waals surface area contributed by atoms with Gasteiger partial charge in [-0.3, -0.25) is 0 Å². The smallest absolute Gasteiger partial charge is 0.181 e. The molecule has 3 rings (SSSR count). The minimum absolute atomic E-state index is 0.0219. The number of hydrogen-bond donors (Lipinski definition) is 4. The highest BCUT2D eigenvalue weighted by molar-refractivity contribution is 6.00. The zero-order valence-electron chi connectivity index (χ0n) is 12.0. The molecule has 3 aromatic rings. The molecule has 0 saturated carbocycles. The molecular weight excluding hydrogens is 320 g/mol. The molecule has 0 radical (unpaired) electrons. The molecule has 0 aliphatic rings. The Morgan fingerprint density at radius 3 is 1.92 bits per heavy atom. The minimum Gasteiger partial charge on any atom is -0.340 e. The molecule has 0 atom stereocenters. The van der Waals surface area contributed by atoms with Gasteiger partial charge in [-0.15, -0.1) is 0 Å². The highest BCUT2D eigenvalue weighted by Crippen LogP contribution is 2.45. The topological polar surface area (TPSA) is 118 Å². The fourth-order valence-corrected chi connectivity index (χ4v) is 2.55. The third-order valence-electron chi connectivity index (χ3n) is 3.59. The Morgan fingerprint density at radius 2 is 1.29 bits per heavy atom. The summed E-state index contributed by atoms with van der Waals surface area (Å²) in [6, 6.07) is 12.2. The molecule has 4 N–H and O–H groups in total. The van der Waals surface area contributed by atoms with Gasteiger partial charge in [-0.05, 0) is 18.2 Å². The van der Waals surface area contributed by atoms with Crippen LogP contribution in [0.5, 0.6) is 23.0 Å². The van der Waals surface area contributed by atoms with E-state index in [1.54, 1.807) is 24.3 Å². The largest absolute Gasteiger partial charge is 0.340 e. The Hall–Kier alpha value is -3.04. The first-order valence-electron chi connectivity index (χ1n) is 6.69. The first-order valence-corrected chi connectivity index (χ1v) is 6.69. The van der Waals surface area contributed by atoms with Gasteiger partial charge < -0.3 is 19.6 Å². The summed E-state index contributed by atoms with van der Waals surface area (Å²) < 4.78 is 0. The second-order valence-electron chi connectivity index (χ2n) is 4.82. The maximum Gasteiger partial charge on any atom is 0.181 e. The van der Waals surface area contributed by atoms with E-state index in [9.17, 15) is 5.26 Å². The molecule has 24 heavy (non-hydrogen) atoms. The highest BCUT2D eigenvalue weighted by Gasteiger charge is 2.20. The van der Waals surface area contributed by atoms with Crippen molar-refractivity contribution in [3.63, 3.8) is 0 Å². The van der Waals surface area contributed by atoms with Gasteiger partial charge in [0.1, 0.15) is 0 Å². The molecule has 8 heteroatoms. The number of rotatable bonds is 5. The number of fused-ring (bicyclic) bond motifs is 1. The van der Waals surface area contributed by atoms with Gasteiger partial charge in [0.15, 0.2) is 23.0 Å². The van der Waals surface area contributed by atoms with E-state index in [2.05, 4.69) is 19.6 Å². The van der Waals surface area contributed by atoms with Gasteiger partial charge in [0.2, 0.25) is 0 Å². The predicted octanol–water partition coefficient (Wildman–Crippen LogP) is 3.91. The fourth-order valence-electron chi connectivity index (χ4n) is 2.55. The van der Waals surface area contributed by atoms with E-state index in [0.29, 0.717) is 10.8 Å². The number of benzene rings is 3. The average molecular weight is 332 g/mol. The lowest BCUT2D eigenvalue weighted by Crippen LogP contribution is -1.96. The van der Waals surface area contributed by atoms with Crippen molar-refractivity contribution in [2.75, 3.05) is 0 Å². The lowest BCUT2D eigenvalue weighted by Gasteiger charge is -2.14. The molecule has 0 aliphatic heterocycles. The summed E-state index contributed by atoms with van der Waals surface area (Å²) in [6.07, 6.45) is 0. The maximum atomic E-state index is 9.33. The molecule has 0 heterocycles. The molecule has 0 bridgehead atoms. The van der Waals surface area contributed by atoms with Crippen molar-refractivity contribution in [1.29, 1.82) is 0 Å². The van der Waals surface area contributed by atoms with E-state index < -0.39 is 0 Å². The zero-order valence-corrected chi connectivity index (χ0v) is 12.0. The molecule has 124 valence electrons. The summed E-state index contributed by atoms with van der Waals surface area (Å²) >= 11 is 0. The van der Waals surface area contributed by atoms with Gasteiger partial charge in [0, 0.05) is 28.0 Å². The molecule has 0 aromatic heterocycles. The lowest BCUT2D eigenvalue weighted by molar-refractivity contribution is -0.144. The molecule has 0 spiro atoms.